The number of amides is 1. The first-order chi connectivity index (χ1) is 10.6. The molecule has 1 aromatic carbocycles. The minimum atomic E-state index is 0.218. The maximum Gasteiger partial charge on any atom is 0.227 e. The fourth-order valence-electron chi connectivity index (χ4n) is 4.21. The highest BCUT2D eigenvalue weighted by atomic mass is 16.1. The summed E-state index contributed by atoms with van der Waals surface area (Å²) in [6.45, 7) is 8.74. The normalized spacial score (nSPS) is 19.0. The molecular weight excluding hydrogens is 272 g/mol. The lowest BCUT2D eigenvalue weighted by atomic mass is 10.00. The number of rotatable bonds is 3. The summed E-state index contributed by atoms with van der Waals surface area (Å²) in [6, 6.07) is 2.23. The van der Waals surface area contributed by atoms with E-state index in [1.165, 1.54) is 48.1 Å². The van der Waals surface area contributed by atoms with E-state index in [9.17, 15) is 4.79 Å². The molecule has 1 saturated heterocycles. The van der Waals surface area contributed by atoms with Crippen molar-refractivity contribution in [2.75, 3.05) is 23.3 Å². The van der Waals surface area contributed by atoms with Gasteiger partial charge in [0.05, 0.1) is 0 Å². The van der Waals surface area contributed by atoms with Gasteiger partial charge in [0.1, 0.15) is 0 Å². The van der Waals surface area contributed by atoms with Gasteiger partial charge in [-0.05, 0) is 63.1 Å². The predicted molar refractivity (Wildman–Crippen MR) is 92.7 cm³/mol. The number of carbonyl (C=O) groups excluding carboxylic acids is 1. The Hall–Kier alpha value is -1.51. The van der Waals surface area contributed by atoms with Crippen molar-refractivity contribution in [2.45, 2.75) is 59.3 Å². The lowest BCUT2D eigenvalue weighted by Crippen LogP contribution is -2.24. The minimum Gasteiger partial charge on any atom is -0.371 e. The molecule has 0 radical (unpaired) electrons. The first kappa shape index (κ1) is 15.4. The molecule has 22 heavy (non-hydrogen) atoms. The zero-order valence-corrected chi connectivity index (χ0v) is 14.2. The Bertz CT molecular complexity index is 567. The highest BCUT2D eigenvalue weighted by molar-refractivity contribution is 5.95. The number of aryl methyl sites for hydroxylation is 2. The Balaban J connectivity index is 1.89. The summed E-state index contributed by atoms with van der Waals surface area (Å²) in [7, 11) is 0. The van der Waals surface area contributed by atoms with Crippen LogP contribution in [0.2, 0.25) is 0 Å². The van der Waals surface area contributed by atoms with E-state index < -0.39 is 0 Å². The number of hydrogen-bond acceptors (Lipinski definition) is 2. The Morgan fingerprint density at radius 1 is 1.05 bits per heavy atom. The number of carbonyl (C=O) groups is 1. The molecule has 1 heterocycles. The van der Waals surface area contributed by atoms with E-state index in [0.717, 1.165) is 31.6 Å². The minimum absolute atomic E-state index is 0.218. The third kappa shape index (κ3) is 2.86. The number of anilines is 2. The summed E-state index contributed by atoms with van der Waals surface area (Å²) in [4.78, 5) is 15.0. The summed E-state index contributed by atoms with van der Waals surface area (Å²) >= 11 is 0. The molecule has 0 aromatic heterocycles. The Morgan fingerprint density at radius 3 is 2.32 bits per heavy atom. The van der Waals surface area contributed by atoms with Crippen LogP contribution in [0.4, 0.5) is 11.4 Å². The van der Waals surface area contributed by atoms with Crippen LogP contribution in [0.5, 0.6) is 0 Å². The number of benzene rings is 1. The lowest BCUT2D eigenvalue weighted by Gasteiger charge is -2.26. The third-order valence-corrected chi connectivity index (χ3v) is 5.33. The average molecular weight is 300 g/mol. The Labute approximate surface area is 134 Å². The van der Waals surface area contributed by atoms with Crippen LogP contribution in [0.3, 0.4) is 0 Å². The largest absolute Gasteiger partial charge is 0.371 e. The molecule has 1 aromatic rings. The summed E-state index contributed by atoms with van der Waals surface area (Å²) in [5.41, 5.74) is 6.14. The Morgan fingerprint density at radius 2 is 1.68 bits per heavy atom. The zero-order valence-electron chi connectivity index (χ0n) is 14.2. The van der Waals surface area contributed by atoms with E-state index in [1.54, 1.807) is 0 Å². The van der Waals surface area contributed by atoms with Gasteiger partial charge in [0.15, 0.2) is 0 Å². The van der Waals surface area contributed by atoms with Crippen molar-refractivity contribution >= 4 is 17.3 Å². The maximum absolute atomic E-state index is 12.5. The molecule has 3 nitrogen and oxygen atoms in total. The van der Waals surface area contributed by atoms with Gasteiger partial charge in [-0.15, -0.1) is 0 Å². The number of hydrogen-bond donors (Lipinski definition) is 1. The fraction of sp³-hybridized carbons (Fsp3) is 0.632. The van der Waals surface area contributed by atoms with Gasteiger partial charge < -0.3 is 10.2 Å². The summed E-state index contributed by atoms with van der Waals surface area (Å²) in [5.74, 6) is 0.440. The molecule has 0 spiro atoms. The van der Waals surface area contributed by atoms with Crippen LogP contribution < -0.4 is 10.2 Å². The van der Waals surface area contributed by atoms with Crippen LogP contribution in [0.1, 0.15) is 55.2 Å². The van der Waals surface area contributed by atoms with Crippen LogP contribution in [0.25, 0.3) is 0 Å². The van der Waals surface area contributed by atoms with Gasteiger partial charge in [-0.2, -0.15) is 0 Å². The van der Waals surface area contributed by atoms with Gasteiger partial charge in [0, 0.05) is 30.4 Å². The molecule has 3 heteroatoms. The number of nitrogens with one attached hydrogen (secondary N) is 1. The van der Waals surface area contributed by atoms with Gasteiger partial charge in [0.25, 0.3) is 0 Å². The summed E-state index contributed by atoms with van der Waals surface area (Å²) in [6.07, 6.45) is 7.04. The van der Waals surface area contributed by atoms with E-state index >= 15 is 0 Å². The summed E-state index contributed by atoms with van der Waals surface area (Å²) < 4.78 is 0. The molecule has 3 rings (SSSR count). The number of nitrogens with zero attached hydrogens (tertiary/aromatic N) is 1. The molecule has 120 valence electrons. The van der Waals surface area contributed by atoms with Crippen LogP contribution in [0, 0.1) is 26.7 Å². The summed E-state index contributed by atoms with van der Waals surface area (Å²) in [5, 5.41) is 3.25. The quantitative estimate of drug-likeness (QED) is 0.900. The molecule has 0 unspecified atom stereocenters. The van der Waals surface area contributed by atoms with Gasteiger partial charge >= 0.3 is 0 Å². The molecule has 1 N–H and O–H groups in total. The molecular formula is C19H28N2O. The maximum atomic E-state index is 12.5. The van der Waals surface area contributed by atoms with E-state index in [1.807, 2.05) is 0 Å². The SMILES string of the molecule is Cc1cc(C)c(N2CCCC2)c(C)c1NC(=O)C1CCCC1. The van der Waals surface area contributed by atoms with E-state index in [0.29, 0.717) is 0 Å². The topological polar surface area (TPSA) is 32.3 Å². The standard InChI is InChI=1S/C19H28N2O/c1-13-12-14(2)18(21-10-6-7-11-21)15(3)17(13)20-19(22)16-8-4-5-9-16/h12,16H,4-11H2,1-3H3,(H,20,22). The van der Waals surface area contributed by atoms with Crippen molar-refractivity contribution in [2.24, 2.45) is 5.92 Å². The molecule has 1 amide bonds. The molecule has 1 aliphatic heterocycles. The van der Waals surface area contributed by atoms with Gasteiger partial charge in [-0.1, -0.05) is 18.9 Å². The van der Waals surface area contributed by atoms with Crippen LogP contribution >= 0.6 is 0 Å². The second-order valence-corrected chi connectivity index (χ2v) is 7.02. The second-order valence-electron chi connectivity index (χ2n) is 7.02. The van der Waals surface area contributed by atoms with E-state index in [2.05, 4.69) is 37.1 Å². The molecule has 2 aliphatic rings. The Kier molecular flexibility index (Phi) is 4.42. The monoisotopic (exact) mass is 300 g/mol. The molecule has 0 atom stereocenters. The van der Waals surface area contributed by atoms with Crippen molar-refractivity contribution in [3.8, 4) is 0 Å². The lowest BCUT2D eigenvalue weighted by molar-refractivity contribution is -0.119. The molecule has 1 aliphatic carbocycles. The van der Waals surface area contributed by atoms with Gasteiger partial charge in [0.2, 0.25) is 5.91 Å². The molecule has 1 saturated carbocycles. The zero-order chi connectivity index (χ0) is 15.7. The highest BCUT2D eigenvalue weighted by Crippen LogP contribution is 2.36. The first-order valence-corrected chi connectivity index (χ1v) is 8.74. The van der Waals surface area contributed by atoms with Gasteiger partial charge in [-0.25, -0.2) is 0 Å². The van der Waals surface area contributed by atoms with Crippen molar-refractivity contribution in [3.63, 3.8) is 0 Å². The third-order valence-electron chi connectivity index (χ3n) is 5.33. The van der Waals surface area contributed by atoms with Crippen molar-refractivity contribution in [3.05, 3.63) is 22.8 Å². The fourth-order valence-corrected chi connectivity index (χ4v) is 4.21. The van der Waals surface area contributed by atoms with Crippen LogP contribution in [-0.2, 0) is 4.79 Å². The molecule has 0 bridgehead atoms. The molecule has 2 fully saturated rings. The highest BCUT2D eigenvalue weighted by Gasteiger charge is 2.25. The van der Waals surface area contributed by atoms with Crippen molar-refractivity contribution in [1.82, 2.24) is 0 Å². The van der Waals surface area contributed by atoms with Crippen LogP contribution in [0.15, 0.2) is 6.07 Å². The van der Waals surface area contributed by atoms with Crippen molar-refractivity contribution < 1.29 is 4.79 Å². The predicted octanol–water partition coefficient (Wildman–Crippen LogP) is 4.34. The first-order valence-electron chi connectivity index (χ1n) is 8.74. The second kappa shape index (κ2) is 6.31. The van der Waals surface area contributed by atoms with E-state index in [-0.39, 0.29) is 11.8 Å². The van der Waals surface area contributed by atoms with E-state index in [4.69, 9.17) is 0 Å². The van der Waals surface area contributed by atoms with Crippen molar-refractivity contribution in [1.29, 1.82) is 0 Å². The average Bonchev–Trinajstić information content (AvgIpc) is 3.15. The van der Waals surface area contributed by atoms with Gasteiger partial charge in [-0.3, -0.25) is 4.79 Å². The van der Waals surface area contributed by atoms with Crippen LogP contribution in [-0.4, -0.2) is 19.0 Å². The smallest absolute Gasteiger partial charge is 0.227 e.